The van der Waals surface area contributed by atoms with Gasteiger partial charge in [0.2, 0.25) is 0 Å². The summed E-state index contributed by atoms with van der Waals surface area (Å²) in [7, 11) is 0. The first-order valence-electron chi connectivity index (χ1n) is 7.01. The van der Waals surface area contributed by atoms with Crippen LogP contribution in [0.4, 0.5) is 0 Å². The van der Waals surface area contributed by atoms with Gasteiger partial charge >= 0.3 is 5.97 Å². The lowest BCUT2D eigenvalue weighted by Gasteiger charge is -2.13. The molecule has 1 amide bonds. The van der Waals surface area contributed by atoms with Crippen molar-refractivity contribution in [2.45, 2.75) is 19.6 Å². The molecule has 0 unspecified atom stereocenters. The van der Waals surface area contributed by atoms with Gasteiger partial charge in [0.05, 0.1) is 0 Å². The third kappa shape index (κ3) is 4.47. The van der Waals surface area contributed by atoms with Crippen LogP contribution in [-0.4, -0.2) is 28.1 Å². The van der Waals surface area contributed by atoms with E-state index in [-0.39, 0.29) is 17.9 Å². The third-order valence-corrected chi connectivity index (χ3v) is 3.16. The summed E-state index contributed by atoms with van der Waals surface area (Å²) >= 11 is 0. The highest BCUT2D eigenvalue weighted by atomic mass is 16.5. The van der Waals surface area contributed by atoms with Crippen molar-refractivity contribution in [1.82, 2.24) is 5.32 Å². The molecule has 2 rings (SSSR count). The van der Waals surface area contributed by atoms with Gasteiger partial charge in [-0.25, -0.2) is 4.79 Å². The Morgan fingerprint density at radius 2 is 1.78 bits per heavy atom. The summed E-state index contributed by atoms with van der Waals surface area (Å²) in [6.45, 7) is 1.63. The minimum Gasteiger partial charge on any atom is -0.504 e. The van der Waals surface area contributed by atoms with E-state index in [0.717, 1.165) is 11.6 Å². The number of carbonyl (C=O) groups excluding carboxylic acids is 2. The largest absolute Gasteiger partial charge is 0.504 e. The van der Waals surface area contributed by atoms with Gasteiger partial charge in [0, 0.05) is 5.56 Å². The second-order valence-electron chi connectivity index (χ2n) is 4.99. The molecule has 0 aliphatic rings. The summed E-state index contributed by atoms with van der Waals surface area (Å²) in [6.07, 6.45) is 0. The molecule has 0 heterocycles. The summed E-state index contributed by atoms with van der Waals surface area (Å²) in [4.78, 5) is 23.9. The van der Waals surface area contributed by atoms with Crippen LogP contribution in [0.5, 0.6) is 11.5 Å². The fourth-order valence-electron chi connectivity index (χ4n) is 1.86. The Balaban J connectivity index is 1.89. The van der Waals surface area contributed by atoms with Crippen molar-refractivity contribution in [3.8, 4) is 11.5 Å². The number of benzene rings is 2. The van der Waals surface area contributed by atoms with E-state index in [0.29, 0.717) is 0 Å². The minimum absolute atomic E-state index is 0.125. The van der Waals surface area contributed by atoms with Crippen molar-refractivity contribution in [2.24, 2.45) is 0 Å². The molecule has 2 aromatic carbocycles. The normalized spacial score (nSPS) is 11.5. The van der Waals surface area contributed by atoms with Gasteiger partial charge in [-0.15, -0.1) is 0 Å². The summed E-state index contributed by atoms with van der Waals surface area (Å²) in [6, 6.07) is 12.0. The smallest absolute Gasteiger partial charge is 0.328 e. The SMILES string of the molecule is C[C@H](NC(=O)c1ccc(O)c(O)c1)C(=O)OCc1ccccc1. The number of hydrogen-bond acceptors (Lipinski definition) is 5. The molecule has 6 nitrogen and oxygen atoms in total. The Morgan fingerprint density at radius 3 is 2.43 bits per heavy atom. The van der Waals surface area contributed by atoms with E-state index in [1.165, 1.54) is 19.1 Å². The first-order chi connectivity index (χ1) is 11.0. The monoisotopic (exact) mass is 315 g/mol. The Morgan fingerprint density at radius 1 is 1.09 bits per heavy atom. The van der Waals surface area contributed by atoms with Crippen LogP contribution in [0.1, 0.15) is 22.8 Å². The van der Waals surface area contributed by atoms with Gasteiger partial charge in [-0.05, 0) is 30.7 Å². The topological polar surface area (TPSA) is 95.9 Å². The van der Waals surface area contributed by atoms with Crippen molar-refractivity contribution in [3.05, 3.63) is 59.7 Å². The number of carbonyl (C=O) groups is 2. The molecule has 0 fully saturated rings. The van der Waals surface area contributed by atoms with Crippen molar-refractivity contribution < 1.29 is 24.5 Å². The highest BCUT2D eigenvalue weighted by molar-refractivity contribution is 5.97. The molecule has 0 spiro atoms. The number of amides is 1. The van der Waals surface area contributed by atoms with E-state index < -0.39 is 23.7 Å². The molecule has 23 heavy (non-hydrogen) atoms. The van der Waals surface area contributed by atoms with Crippen LogP contribution in [0, 0.1) is 0 Å². The minimum atomic E-state index is -0.845. The molecule has 0 radical (unpaired) electrons. The molecule has 3 N–H and O–H groups in total. The maximum absolute atomic E-state index is 12.0. The highest BCUT2D eigenvalue weighted by Crippen LogP contribution is 2.24. The predicted molar refractivity (Wildman–Crippen MR) is 82.9 cm³/mol. The summed E-state index contributed by atoms with van der Waals surface area (Å²) < 4.78 is 5.13. The second-order valence-corrected chi connectivity index (χ2v) is 4.99. The first kappa shape index (κ1) is 16.4. The first-order valence-corrected chi connectivity index (χ1v) is 7.01. The van der Waals surface area contributed by atoms with Crippen LogP contribution in [-0.2, 0) is 16.1 Å². The number of phenolic OH excluding ortho intramolecular Hbond substituents is 2. The van der Waals surface area contributed by atoms with Crippen LogP contribution in [0.15, 0.2) is 48.5 Å². The van der Waals surface area contributed by atoms with Crippen molar-refractivity contribution in [2.75, 3.05) is 0 Å². The summed E-state index contributed by atoms with van der Waals surface area (Å²) in [5.41, 5.74) is 0.978. The van der Waals surface area contributed by atoms with Crippen molar-refractivity contribution in [3.63, 3.8) is 0 Å². The molecule has 0 saturated carbocycles. The molecule has 1 atom stereocenters. The molecule has 0 aromatic heterocycles. The zero-order valence-corrected chi connectivity index (χ0v) is 12.5. The maximum atomic E-state index is 12.0. The number of ether oxygens (including phenoxy) is 1. The van der Waals surface area contributed by atoms with Crippen molar-refractivity contribution >= 4 is 11.9 Å². The number of esters is 1. The lowest BCUT2D eigenvalue weighted by atomic mass is 10.1. The van der Waals surface area contributed by atoms with E-state index >= 15 is 0 Å². The van der Waals surface area contributed by atoms with Gasteiger partial charge in [0.15, 0.2) is 11.5 Å². The van der Waals surface area contributed by atoms with Crippen LogP contribution < -0.4 is 5.32 Å². The number of nitrogens with one attached hydrogen (secondary N) is 1. The third-order valence-electron chi connectivity index (χ3n) is 3.16. The van der Waals surface area contributed by atoms with Crippen LogP contribution in [0.2, 0.25) is 0 Å². The predicted octanol–water partition coefficient (Wildman–Crippen LogP) is 1.96. The van der Waals surface area contributed by atoms with Crippen LogP contribution >= 0.6 is 0 Å². The zero-order valence-electron chi connectivity index (χ0n) is 12.5. The molecular formula is C17H17NO5. The van der Waals surface area contributed by atoms with Gasteiger partial charge in [-0.3, -0.25) is 4.79 Å². The number of hydrogen-bond donors (Lipinski definition) is 3. The Hall–Kier alpha value is -3.02. The average Bonchev–Trinajstić information content (AvgIpc) is 2.55. The van der Waals surface area contributed by atoms with E-state index in [2.05, 4.69) is 5.32 Å². The standard InChI is InChI=1S/C17H17NO5/c1-11(17(22)23-10-12-5-3-2-4-6-12)18-16(21)13-7-8-14(19)15(20)9-13/h2-9,11,19-20H,10H2,1H3,(H,18,21)/t11-/m0/s1. The fourth-order valence-corrected chi connectivity index (χ4v) is 1.86. The zero-order chi connectivity index (χ0) is 16.8. The molecule has 0 saturated heterocycles. The summed E-state index contributed by atoms with van der Waals surface area (Å²) in [5, 5.41) is 21.1. The Labute approximate surface area is 133 Å². The van der Waals surface area contributed by atoms with E-state index in [1.807, 2.05) is 30.3 Å². The van der Waals surface area contributed by atoms with Gasteiger partial charge in [0.25, 0.3) is 5.91 Å². The maximum Gasteiger partial charge on any atom is 0.328 e. The quantitative estimate of drug-likeness (QED) is 0.579. The molecule has 0 bridgehead atoms. The molecule has 0 aliphatic carbocycles. The van der Waals surface area contributed by atoms with E-state index in [9.17, 15) is 19.8 Å². The second kappa shape index (κ2) is 7.31. The van der Waals surface area contributed by atoms with Crippen LogP contribution in [0.3, 0.4) is 0 Å². The Kier molecular flexibility index (Phi) is 5.19. The van der Waals surface area contributed by atoms with E-state index in [4.69, 9.17) is 4.74 Å². The molecule has 6 heteroatoms. The van der Waals surface area contributed by atoms with E-state index in [1.54, 1.807) is 0 Å². The molecule has 120 valence electrons. The van der Waals surface area contributed by atoms with Crippen LogP contribution in [0.25, 0.3) is 0 Å². The van der Waals surface area contributed by atoms with Gasteiger partial charge in [-0.1, -0.05) is 30.3 Å². The fraction of sp³-hybridized carbons (Fsp3) is 0.176. The lowest BCUT2D eigenvalue weighted by molar-refractivity contribution is -0.146. The molecule has 2 aromatic rings. The summed E-state index contributed by atoms with van der Waals surface area (Å²) in [5.74, 6) is -1.84. The van der Waals surface area contributed by atoms with Gasteiger partial charge in [-0.2, -0.15) is 0 Å². The number of phenols is 2. The average molecular weight is 315 g/mol. The van der Waals surface area contributed by atoms with Crippen molar-refractivity contribution in [1.29, 1.82) is 0 Å². The highest BCUT2D eigenvalue weighted by Gasteiger charge is 2.18. The number of aromatic hydroxyl groups is 2. The molecule has 0 aliphatic heterocycles. The Bertz CT molecular complexity index is 699. The lowest BCUT2D eigenvalue weighted by Crippen LogP contribution is -2.39. The van der Waals surface area contributed by atoms with Gasteiger partial charge in [0.1, 0.15) is 12.6 Å². The van der Waals surface area contributed by atoms with Gasteiger partial charge < -0.3 is 20.3 Å². The molecular weight excluding hydrogens is 298 g/mol. The number of rotatable bonds is 5.